The lowest BCUT2D eigenvalue weighted by Gasteiger charge is -2.13. The van der Waals surface area contributed by atoms with E-state index in [0.29, 0.717) is 17.8 Å². The van der Waals surface area contributed by atoms with E-state index in [9.17, 15) is 8.42 Å². The van der Waals surface area contributed by atoms with Gasteiger partial charge in [-0.05, 0) is 42.4 Å². The van der Waals surface area contributed by atoms with Crippen molar-refractivity contribution in [3.63, 3.8) is 0 Å². The second kappa shape index (κ2) is 6.93. The first-order valence-corrected chi connectivity index (χ1v) is 9.18. The van der Waals surface area contributed by atoms with Gasteiger partial charge in [0, 0.05) is 12.7 Å². The summed E-state index contributed by atoms with van der Waals surface area (Å²) in [4.78, 5) is 0.0929. The third-order valence-corrected chi connectivity index (χ3v) is 5.54. The molecule has 25 heavy (non-hydrogen) atoms. The van der Waals surface area contributed by atoms with Gasteiger partial charge in [0.05, 0.1) is 22.2 Å². The molecule has 0 unspecified atom stereocenters. The molecule has 0 amide bonds. The average Bonchev–Trinajstić information content (AvgIpc) is 3.07. The summed E-state index contributed by atoms with van der Waals surface area (Å²) in [5, 5.41) is 12.1. The van der Waals surface area contributed by atoms with Crippen LogP contribution in [0.1, 0.15) is 11.1 Å². The van der Waals surface area contributed by atoms with Crippen LogP contribution in [0.2, 0.25) is 0 Å². The Bertz CT molecular complexity index is 1030. The van der Waals surface area contributed by atoms with Gasteiger partial charge in [0.1, 0.15) is 0 Å². The Morgan fingerprint density at radius 3 is 2.52 bits per heavy atom. The molecule has 0 atom stereocenters. The number of nitriles is 1. The fraction of sp³-hybridized carbons (Fsp3) is 0.105. The van der Waals surface area contributed by atoms with Gasteiger partial charge in [-0.15, -0.1) is 0 Å². The molecule has 0 spiro atoms. The first-order valence-electron chi connectivity index (χ1n) is 7.74. The summed E-state index contributed by atoms with van der Waals surface area (Å²) in [6.45, 7) is 0.547. The summed E-state index contributed by atoms with van der Waals surface area (Å²) in [7, 11) is -1.99. The minimum absolute atomic E-state index is 0.0929. The summed E-state index contributed by atoms with van der Waals surface area (Å²) >= 11 is 0. The van der Waals surface area contributed by atoms with E-state index in [0.717, 1.165) is 11.1 Å². The number of nitrogens with zero attached hydrogens (tertiary/aromatic N) is 2. The zero-order valence-corrected chi connectivity index (χ0v) is 14.5. The second-order valence-electron chi connectivity index (χ2n) is 5.53. The molecule has 0 radical (unpaired) electrons. The molecule has 1 N–H and O–H groups in total. The molecule has 1 heterocycles. The highest BCUT2D eigenvalue weighted by Crippen LogP contribution is 2.29. The molecule has 3 aromatic rings. The number of nitrogens with one attached hydrogen (secondary N) is 1. The fourth-order valence-corrected chi connectivity index (χ4v) is 4.17. The van der Waals surface area contributed by atoms with Gasteiger partial charge in [-0.1, -0.05) is 36.4 Å². The van der Waals surface area contributed by atoms with Crippen molar-refractivity contribution in [3.05, 3.63) is 78.0 Å². The van der Waals surface area contributed by atoms with Crippen molar-refractivity contribution < 1.29 is 8.42 Å². The molecule has 6 heteroatoms. The third kappa shape index (κ3) is 3.20. The van der Waals surface area contributed by atoms with Crippen LogP contribution in [-0.4, -0.2) is 19.4 Å². The van der Waals surface area contributed by atoms with E-state index < -0.39 is 10.0 Å². The van der Waals surface area contributed by atoms with Crippen LogP contribution in [0, 0.1) is 11.3 Å². The maximum absolute atomic E-state index is 13.1. The van der Waals surface area contributed by atoms with Gasteiger partial charge in [0.25, 0.3) is 10.0 Å². The zero-order chi connectivity index (χ0) is 17.9. The van der Waals surface area contributed by atoms with Gasteiger partial charge in [-0.25, -0.2) is 12.4 Å². The zero-order valence-electron chi connectivity index (χ0n) is 13.7. The minimum atomic E-state index is -3.81. The van der Waals surface area contributed by atoms with E-state index in [4.69, 9.17) is 5.26 Å². The Kier molecular flexibility index (Phi) is 4.70. The number of rotatable bonds is 5. The van der Waals surface area contributed by atoms with Gasteiger partial charge in [-0.3, -0.25) is 0 Å². The summed E-state index contributed by atoms with van der Waals surface area (Å²) in [5.74, 6) is 0. The first kappa shape index (κ1) is 17.0. The van der Waals surface area contributed by atoms with Crippen LogP contribution >= 0.6 is 0 Å². The predicted molar refractivity (Wildman–Crippen MR) is 96.4 cm³/mol. The minimum Gasteiger partial charge on any atom is -0.316 e. The molecule has 0 saturated carbocycles. The van der Waals surface area contributed by atoms with E-state index >= 15 is 0 Å². The van der Waals surface area contributed by atoms with Gasteiger partial charge in [0.2, 0.25) is 0 Å². The smallest absolute Gasteiger partial charge is 0.268 e. The Balaban J connectivity index is 2.22. The van der Waals surface area contributed by atoms with E-state index in [1.165, 1.54) is 16.1 Å². The molecule has 2 aromatic carbocycles. The average molecular weight is 351 g/mol. The molecule has 0 fully saturated rings. The van der Waals surface area contributed by atoms with Crippen LogP contribution in [0.5, 0.6) is 0 Å². The molecule has 126 valence electrons. The monoisotopic (exact) mass is 351 g/mol. The number of hydrogen-bond donors (Lipinski definition) is 1. The van der Waals surface area contributed by atoms with Crippen molar-refractivity contribution in [2.24, 2.45) is 0 Å². The van der Waals surface area contributed by atoms with E-state index in [1.54, 1.807) is 24.4 Å². The van der Waals surface area contributed by atoms with Gasteiger partial charge >= 0.3 is 0 Å². The van der Waals surface area contributed by atoms with Gasteiger partial charge in [-0.2, -0.15) is 5.26 Å². The Morgan fingerprint density at radius 2 is 1.84 bits per heavy atom. The quantitative estimate of drug-likeness (QED) is 0.767. The molecular weight excluding hydrogens is 334 g/mol. The summed E-state index contributed by atoms with van der Waals surface area (Å²) in [6.07, 6.45) is 1.56. The van der Waals surface area contributed by atoms with Crippen molar-refractivity contribution in [3.8, 4) is 17.3 Å². The maximum Gasteiger partial charge on any atom is 0.268 e. The Labute approximate surface area is 147 Å². The topological polar surface area (TPSA) is 74.9 Å². The molecule has 0 aliphatic rings. The van der Waals surface area contributed by atoms with E-state index in [2.05, 4.69) is 5.32 Å². The Hall–Kier alpha value is -2.88. The molecular formula is C19H17N3O2S. The highest BCUT2D eigenvalue weighted by molar-refractivity contribution is 7.90. The number of hydrogen-bond acceptors (Lipinski definition) is 4. The van der Waals surface area contributed by atoms with Crippen LogP contribution in [-0.2, 0) is 16.6 Å². The van der Waals surface area contributed by atoms with E-state index in [-0.39, 0.29) is 4.90 Å². The third-order valence-electron chi connectivity index (χ3n) is 3.87. The normalized spacial score (nSPS) is 11.2. The van der Waals surface area contributed by atoms with Crippen molar-refractivity contribution in [2.75, 3.05) is 7.05 Å². The molecule has 3 rings (SSSR count). The molecule has 0 bridgehead atoms. The molecule has 0 aliphatic heterocycles. The number of aromatic nitrogens is 1. The van der Waals surface area contributed by atoms with Crippen LogP contribution < -0.4 is 5.32 Å². The van der Waals surface area contributed by atoms with Gasteiger partial charge < -0.3 is 5.32 Å². The molecule has 5 nitrogen and oxygen atoms in total. The summed E-state index contributed by atoms with van der Waals surface area (Å²) in [5.41, 5.74) is 2.63. The van der Waals surface area contributed by atoms with Gasteiger partial charge in [0.15, 0.2) is 0 Å². The van der Waals surface area contributed by atoms with Crippen LogP contribution in [0.25, 0.3) is 11.3 Å². The number of benzene rings is 2. The maximum atomic E-state index is 13.1. The fourth-order valence-electron chi connectivity index (χ4n) is 2.73. The molecule has 0 saturated heterocycles. The lowest BCUT2D eigenvalue weighted by Crippen LogP contribution is -2.15. The lowest BCUT2D eigenvalue weighted by molar-refractivity contribution is 0.588. The first-order chi connectivity index (χ1) is 12.1. The Morgan fingerprint density at radius 1 is 1.08 bits per heavy atom. The van der Waals surface area contributed by atoms with Crippen molar-refractivity contribution >= 4 is 10.0 Å². The SMILES string of the molecule is CNCc1ccn(S(=O)(=O)c2cccc(C#N)c2)c1-c1ccccc1. The summed E-state index contributed by atoms with van der Waals surface area (Å²) in [6, 6.07) is 19.2. The van der Waals surface area contributed by atoms with Crippen molar-refractivity contribution in [1.29, 1.82) is 5.26 Å². The lowest BCUT2D eigenvalue weighted by atomic mass is 10.1. The van der Waals surface area contributed by atoms with Crippen LogP contribution in [0.15, 0.2) is 71.8 Å². The molecule has 1 aromatic heterocycles. The highest BCUT2D eigenvalue weighted by atomic mass is 32.2. The largest absolute Gasteiger partial charge is 0.316 e. The standard InChI is InChI=1S/C19H17N3O2S/c1-21-14-17-10-11-22(19(17)16-7-3-2-4-8-16)25(23,24)18-9-5-6-15(12-18)13-20/h2-12,21H,14H2,1H3. The van der Waals surface area contributed by atoms with Crippen LogP contribution in [0.3, 0.4) is 0 Å². The highest BCUT2D eigenvalue weighted by Gasteiger charge is 2.23. The second-order valence-corrected chi connectivity index (χ2v) is 7.34. The van der Waals surface area contributed by atoms with Crippen molar-refractivity contribution in [1.82, 2.24) is 9.29 Å². The van der Waals surface area contributed by atoms with E-state index in [1.807, 2.05) is 43.4 Å². The molecule has 0 aliphatic carbocycles. The predicted octanol–water partition coefficient (Wildman–Crippen LogP) is 2.98. The summed E-state index contributed by atoms with van der Waals surface area (Å²) < 4.78 is 27.6. The van der Waals surface area contributed by atoms with Crippen LogP contribution in [0.4, 0.5) is 0 Å². The van der Waals surface area contributed by atoms with Crippen molar-refractivity contribution in [2.45, 2.75) is 11.4 Å².